The van der Waals surface area contributed by atoms with Crippen LogP contribution in [0.25, 0.3) is 77.6 Å². The van der Waals surface area contributed by atoms with Crippen molar-refractivity contribution in [3.05, 3.63) is 162 Å². The summed E-state index contributed by atoms with van der Waals surface area (Å²) in [7, 11) is 0. The third-order valence-corrected chi connectivity index (χ3v) is 8.94. The van der Waals surface area contributed by atoms with E-state index in [0.717, 1.165) is 27.8 Å². The smallest absolute Gasteiger partial charge is 0.200 e. The van der Waals surface area contributed by atoms with E-state index in [-0.39, 0.29) is 0 Å². The first-order chi connectivity index (χ1) is 23.5. The summed E-state index contributed by atoms with van der Waals surface area (Å²) in [5.74, 6) is 1.60. The molecule has 0 N–H and O–H groups in total. The van der Waals surface area contributed by atoms with Crippen molar-refractivity contribution < 1.29 is 0 Å². The molecule has 6 aromatic carbocycles. The van der Waals surface area contributed by atoms with E-state index >= 15 is 0 Å². The van der Waals surface area contributed by atoms with E-state index in [2.05, 4.69) is 90.8 Å². The summed E-state index contributed by atoms with van der Waals surface area (Å²) in [5.41, 5.74) is 12.3. The fourth-order valence-electron chi connectivity index (χ4n) is 6.91. The fraction of sp³-hybridized carbons (Fsp3) is 0.0698. The molecule has 0 saturated heterocycles. The zero-order valence-electron chi connectivity index (χ0n) is 26.9. The molecule has 0 spiro atoms. The first-order valence-electron chi connectivity index (χ1n) is 16.0. The SMILES string of the molecule is [C-]#[N+]c1cc(-n2c3ccccc3c3cc(-c4c(C)cc(C)cc4C)ccc32)ccc1-c1nc(-c2ccccc2)nc(-c2ccccc2)n1. The highest BCUT2D eigenvalue weighted by Crippen LogP contribution is 2.39. The highest BCUT2D eigenvalue weighted by atomic mass is 15.0. The largest absolute Gasteiger partial charge is 0.311 e. The average molecular weight is 618 g/mol. The van der Waals surface area contributed by atoms with Crippen LogP contribution in [-0.2, 0) is 0 Å². The Labute approximate surface area is 279 Å². The predicted molar refractivity (Wildman–Crippen MR) is 196 cm³/mol. The highest BCUT2D eigenvalue weighted by Gasteiger charge is 2.19. The van der Waals surface area contributed by atoms with Crippen molar-refractivity contribution in [2.75, 3.05) is 0 Å². The van der Waals surface area contributed by atoms with Gasteiger partial charge in [0.05, 0.1) is 17.6 Å². The Morgan fingerprint density at radius 3 is 1.75 bits per heavy atom. The number of aromatic nitrogens is 4. The van der Waals surface area contributed by atoms with Crippen molar-refractivity contribution in [3.63, 3.8) is 0 Å². The molecule has 0 aliphatic heterocycles. The molecule has 228 valence electrons. The average Bonchev–Trinajstić information content (AvgIpc) is 3.45. The lowest BCUT2D eigenvalue weighted by molar-refractivity contribution is 1.07. The third kappa shape index (κ3) is 5.01. The number of hydrogen-bond acceptors (Lipinski definition) is 3. The molecule has 5 nitrogen and oxygen atoms in total. The van der Waals surface area contributed by atoms with Crippen LogP contribution in [0.5, 0.6) is 0 Å². The third-order valence-electron chi connectivity index (χ3n) is 8.94. The normalized spacial score (nSPS) is 11.2. The zero-order valence-corrected chi connectivity index (χ0v) is 26.9. The summed E-state index contributed by atoms with van der Waals surface area (Å²) in [5, 5.41) is 2.34. The van der Waals surface area contributed by atoms with Gasteiger partial charge in [0.15, 0.2) is 23.2 Å². The van der Waals surface area contributed by atoms with E-state index in [0.29, 0.717) is 28.7 Å². The Kier molecular flexibility index (Phi) is 7.12. The van der Waals surface area contributed by atoms with Crippen LogP contribution in [0.4, 0.5) is 5.69 Å². The molecule has 8 aromatic rings. The summed E-state index contributed by atoms with van der Waals surface area (Å²) >= 11 is 0. The summed E-state index contributed by atoms with van der Waals surface area (Å²) in [6.45, 7) is 14.8. The zero-order chi connectivity index (χ0) is 32.8. The van der Waals surface area contributed by atoms with Crippen molar-refractivity contribution in [2.24, 2.45) is 0 Å². The van der Waals surface area contributed by atoms with Crippen molar-refractivity contribution >= 4 is 27.5 Å². The van der Waals surface area contributed by atoms with Crippen LogP contribution in [0.1, 0.15) is 16.7 Å². The molecule has 0 aliphatic carbocycles. The number of para-hydroxylation sites is 1. The Morgan fingerprint density at radius 1 is 0.521 bits per heavy atom. The van der Waals surface area contributed by atoms with Crippen LogP contribution in [0, 0.1) is 27.3 Å². The molecule has 0 amide bonds. The van der Waals surface area contributed by atoms with Crippen LogP contribution >= 0.6 is 0 Å². The molecule has 2 aromatic heterocycles. The second-order valence-corrected chi connectivity index (χ2v) is 12.2. The molecule has 48 heavy (non-hydrogen) atoms. The van der Waals surface area contributed by atoms with Gasteiger partial charge in [0.2, 0.25) is 0 Å². The van der Waals surface area contributed by atoms with Crippen molar-refractivity contribution in [2.45, 2.75) is 20.8 Å². The molecule has 0 aliphatic rings. The van der Waals surface area contributed by atoms with Gasteiger partial charge in [-0.3, -0.25) is 0 Å². The number of aryl methyl sites for hydroxylation is 3. The maximum atomic E-state index is 8.24. The van der Waals surface area contributed by atoms with Gasteiger partial charge in [-0.25, -0.2) is 19.8 Å². The monoisotopic (exact) mass is 617 g/mol. The van der Waals surface area contributed by atoms with E-state index in [1.54, 1.807) is 0 Å². The number of nitrogens with zero attached hydrogens (tertiary/aromatic N) is 5. The summed E-state index contributed by atoms with van der Waals surface area (Å²) in [4.78, 5) is 18.6. The molecule has 0 bridgehead atoms. The minimum Gasteiger partial charge on any atom is -0.311 e. The van der Waals surface area contributed by atoms with E-state index in [1.807, 2.05) is 72.8 Å². The summed E-state index contributed by atoms with van der Waals surface area (Å²) in [6, 6.07) is 45.5. The van der Waals surface area contributed by atoms with E-state index < -0.39 is 0 Å². The molecule has 0 fully saturated rings. The van der Waals surface area contributed by atoms with Gasteiger partial charge in [0.25, 0.3) is 0 Å². The van der Waals surface area contributed by atoms with Gasteiger partial charge in [0, 0.05) is 33.2 Å². The number of hydrogen-bond donors (Lipinski definition) is 0. The lowest BCUT2D eigenvalue weighted by atomic mass is 9.93. The summed E-state index contributed by atoms with van der Waals surface area (Å²) < 4.78 is 2.25. The van der Waals surface area contributed by atoms with Crippen molar-refractivity contribution in [3.8, 4) is 51.0 Å². The molecule has 5 heteroatoms. The van der Waals surface area contributed by atoms with E-state index in [1.165, 1.54) is 38.6 Å². The molecule has 0 atom stereocenters. The van der Waals surface area contributed by atoms with Gasteiger partial charge in [-0.05, 0) is 73.4 Å². The van der Waals surface area contributed by atoms with Crippen LogP contribution < -0.4 is 0 Å². The van der Waals surface area contributed by atoms with Gasteiger partial charge in [-0.1, -0.05) is 109 Å². The molecule has 2 heterocycles. The first-order valence-corrected chi connectivity index (χ1v) is 16.0. The van der Waals surface area contributed by atoms with Gasteiger partial charge in [-0.2, -0.15) is 0 Å². The standard InChI is InChI=1S/C43H31N5/c1-27-23-28(2)40(29(3)24-27)32-19-22-39-36(25-32)34-17-11-12-18-38(34)48(39)33-20-21-35(37(26-33)44-4)43-46-41(30-13-7-5-8-14-30)45-42(47-43)31-15-9-6-10-16-31/h5-26H,1-3H3. The Balaban J connectivity index is 1.30. The van der Waals surface area contributed by atoms with Crippen molar-refractivity contribution in [1.82, 2.24) is 19.5 Å². The number of rotatable bonds is 5. The van der Waals surface area contributed by atoms with Crippen LogP contribution in [0.2, 0.25) is 0 Å². The second kappa shape index (κ2) is 11.8. The number of fused-ring (bicyclic) bond motifs is 3. The Bertz CT molecular complexity index is 2460. The topological polar surface area (TPSA) is 48.0 Å². The lowest BCUT2D eigenvalue weighted by Gasteiger charge is -2.13. The molecular weight excluding hydrogens is 587 g/mol. The minimum absolute atomic E-state index is 0.468. The molecule has 0 saturated carbocycles. The first kappa shape index (κ1) is 29.1. The fourth-order valence-corrected chi connectivity index (χ4v) is 6.91. The van der Waals surface area contributed by atoms with Crippen LogP contribution in [-0.4, -0.2) is 19.5 Å². The second-order valence-electron chi connectivity index (χ2n) is 12.2. The quantitative estimate of drug-likeness (QED) is 0.181. The molecule has 0 unspecified atom stereocenters. The maximum Gasteiger partial charge on any atom is 0.200 e. The van der Waals surface area contributed by atoms with E-state index in [4.69, 9.17) is 21.5 Å². The van der Waals surface area contributed by atoms with Gasteiger partial charge in [0.1, 0.15) is 0 Å². The highest BCUT2D eigenvalue weighted by molar-refractivity contribution is 6.10. The van der Waals surface area contributed by atoms with Gasteiger partial charge in [-0.15, -0.1) is 0 Å². The van der Waals surface area contributed by atoms with Crippen molar-refractivity contribution in [1.29, 1.82) is 0 Å². The summed E-state index contributed by atoms with van der Waals surface area (Å²) in [6.07, 6.45) is 0. The maximum absolute atomic E-state index is 8.24. The number of benzene rings is 6. The minimum atomic E-state index is 0.468. The molecule has 0 radical (unpaired) electrons. The van der Waals surface area contributed by atoms with Crippen LogP contribution in [0.15, 0.2) is 133 Å². The molecular formula is C43H31N5. The predicted octanol–water partition coefficient (Wildman–Crippen LogP) is 11.1. The van der Waals surface area contributed by atoms with Gasteiger partial charge >= 0.3 is 0 Å². The van der Waals surface area contributed by atoms with Gasteiger partial charge < -0.3 is 4.57 Å². The molecule has 8 rings (SSSR count). The van der Waals surface area contributed by atoms with Crippen LogP contribution in [0.3, 0.4) is 0 Å². The lowest BCUT2D eigenvalue weighted by Crippen LogP contribution is -2.01. The van der Waals surface area contributed by atoms with E-state index in [9.17, 15) is 0 Å². The Hall–Kier alpha value is -6.38. The Morgan fingerprint density at radius 2 is 1.10 bits per heavy atom.